The Bertz CT molecular complexity index is 776. The lowest BCUT2D eigenvalue weighted by molar-refractivity contribution is 0.0444. The highest BCUT2D eigenvalue weighted by Gasteiger charge is 2.41. The van der Waals surface area contributed by atoms with Crippen LogP contribution in [-0.4, -0.2) is 48.0 Å². The lowest BCUT2D eigenvalue weighted by Gasteiger charge is -2.39. The van der Waals surface area contributed by atoms with Crippen LogP contribution in [0.2, 0.25) is 0 Å². The number of fused-ring (bicyclic) bond motifs is 2. The van der Waals surface area contributed by atoms with Gasteiger partial charge in [-0.05, 0) is 49.4 Å². The zero-order valence-electron chi connectivity index (χ0n) is 16.2. The standard InChI is InChI=1S/C23H28N2O2/c1-24(2)23(26)18-9-6-10-21(13-18)27-22-14-19-11-12-20(15-22)25(19)16-17-7-4-3-5-8-17/h3-10,13,19-20,22H,11-12,14-16H2,1-2H3/t19-,20+,22?. The molecule has 142 valence electrons. The molecule has 2 aliphatic rings. The van der Waals surface area contributed by atoms with Crippen molar-refractivity contribution in [3.05, 3.63) is 65.7 Å². The smallest absolute Gasteiger partial charge is 0.253 e. The molecule has 0 aliphatic carbocycles. The number of carbonyl (C=O) groups is 1. The van der Waals surface area contributed by atoms with Gasteiger partial charge in [0.15, 0.2) is 0 Å². The maximum absolute atomic E-state index is 12.2. The SMILES string of the molecule is CN(C)C(=O)c1cccc(OC2C[C@H]3CC[C@@H](C2)N3Cc2ccccc2)c1. The third-order valence-corrected chi connectivity index (χ3v) is 5.84. The largest absolute Gasteiger partial charge is 0.490 e. The van der Waals surface area contributed by atoms with Crippen LogP contribution in [0.5, 0.6) is 5.75 Å². The number of amides is 1. The van der Waals surface area contributed by atoms with Gasteiger partial charge in [-0.3, -0.25) is 9.69 Å². The number of piperidine rings is 1. The van der Waals surface area contributed by atoms with Crippen LogP contribution in [0.25, 0.3) is 0 Å². The molecule has 0 N–H and O–H groups in total. The van der Waals surface area contributed by atoms with Gasteiger partial charge in [0.25, 0.3) is 5.91 Å². The fourth-order valence-corrected chi connectivity index (χ4v) is 4.53. The van der Waals surface area contributed by atoms with Gasteiger partial charge in [0.2, 0.25) is 0 Å². The van der Waals surface area contributed by atoms with Gasteiger partial charge < -0.3 is 9.64 Å². The summed E-state index contributed by atoms with van der Waals surface area (Å²) >= 11 is 0. The first kappa shape index (κ1) is 18.1. The van der Waals surface area contributed by atoms with Crippen LogP contribution in [0.3, 0.4) is 0 Å². The van der Waals surface area contributed by atoms with E-state index in [-0.39, 0.29) is 12.0 Å². The Balaban J connectivity index is 1.40. The van der Waals surface area contributed by atoms with Crippen molar-refractivity contribution in [2.45, 2.75) is 50.4 Å². The molecule has 1 unspecified atom stereocenters. The average Bonchev–Trinajstić information content (AvgIpc) is 2.90. The molecule has 4 rings (SSSR count). The van der Waals surface area contributed by atoms with E-state index in [2.05, 4.69) is 35.2 Å². The molecule has 2 heterocycles. The van der Waals surface area contributed by atoms with E-state index in [0.717, 1.165) is 25.1 Å². The maximum Gasteiger partial charge on any atom is 0.253 e. The van der Waals surface area contributed by atoms with Crippen molar-refractivity contribution in [3.8, 4) is 5.75 Å². The Morgan fingerprint density at radius 3 is 2.41 bits per heavy atom. The molecule has 2 aromatic carbocycles. The lowest BCUT2D eigenvalue weighted by atomic mass is 9.98. The molecule has 27 heavy (non-hydrogen) atoms. The second-order valence-corrected chi connectivity index (χ2v) is 7.98. The summed E-state index contributed by atoms with van der Waals surface area (Å²) in [6.07, 6.45) is 4.89. The third-order valence-electron chi connectivity index (χ3n) is 5.84. The molecule has 2 bridgehead atoms. The van der Waals surface area contributed by atoms with Crippen LogP contribution in [0, 0.1) is 0 Å². The molecule has 3 atom stereocenters. The monoisotopic (exact) mass is 364 g/mol. The first-order chi connectivity index (χ1) is 13.1. The Labute approximate surface area is 161 Å². The Morgan fingerprint density at radius 2 is 1.74 bits per heavy atom. The van der Waals surface area contributed by atoms with Crippen molar-refractivity contribution in [1.29, 1.82) is 0 Å². The summed E-state index contributed by atoms with van der Waals surface area (Å²) in [7, 11) is 3.55. The van der Waals surface area contributed by atoms with Crippen molar-refractivity contribution in [3.63, 3.8) is 0 Å². The first-order valence-corrected chi connectivity index (χ1v) is 9.88. The van der Waals surface area contributed by atoms with Crippen LogP contribution >= 0.6 is 0 Å². The van der Waals surface area contributed by atoms with Crippen molar-refractivity contribution < 1.29 is 9.53 Å². The van der Waals surface area contributed by atoms with Crippen LogP contribution in [0.1, 0.15) is 41.6 Å². The van der Waals surface area contributed by atoms with Crippen molar-refractivity contribution in [2.75, 3.05) is 14.1 Å². The number of nitrogens with zero attached hydrogens (tertiary/aromatic N) is 2. The predicted octanol–water partition coefficient (Wildman–Crippen LogP) is 3.96. The van der Waals surface area contributed by atoms with Crippen LogP contribution < -0.4 is 4.74 Å². The number of rotatable bonds is 5. The van der Waals surface area contributed by atoms with E-state index < -0.39 is 0 Å². The normalized spacial score (nSPS) is 24.6. The van der Waals surface area contributed by atoms with Crippen molar-refractivity contribution in [2.24, 2.45) is 0 Å². The van der Waals surface area contributed by atoms with Gasteiger partial charge >= 0.3 is 0 Å². The minimum absolute atomic E-state index is 0.0122. The fourth-order valence-electron chi connectivity index (χ4n) is 4.53. The quantitative estimate of drug-likeness (QED) is 0.805. The van der Waals surface area contributed by atoms with Crippen LogP contribution in [0.15, 0.2) is 54.6 Å². The van der Waals surface area contributed by atoms with E-state index in [1.807, 2.05) is 24.3 Å². The van der Waals surface area contributed by atoms with E-state index >= 15 is 0 Å². The third kappa shape index (κ3) is 4.01. The molecule has 1 amide bonds. The predicted molar refractivity (Wildman–Crippen MR) is 107 cm³/mol. The van der Waals surface area contributed by atoms with Gasteiger partial charge in [0, 0.05) is 38.3 Å². The molecular formula is C23H28N2O2. The van der Waals surface area contributed by atoms with Crippen molar-refractivity contribution in [1.82, 2.24) is 9.80 Å². The number of ether oxygens (including phenoxy) is 1. The van der Waals surface area contributed by atoms with Gasteiger partial charge in [0.1, 0.15) is 11.9 Å². The van der Waals surface area contributed by atoms with Gasteiger partial charge in [-0.1, -0.05) is 36.4 Å². The topological polar surface area (TPSA) is 32.8 Å². The van der Waals surface area contributed by atoms with Crippen LogP contribution in [0.4, 0.5) is 0 Å². The lowest BCUT2D eigenvalue weighted by Crippen LogP contribution is -2.45. The number of benzene rings is 2. The molecule has 0 spiro atoms. The molecule has 2 aliphatic heterocycles. The highest BCUT2D eigenvalue weighted by Crippen LogP contribution is 2.38. The van der Waals surface area contributed by atoms with E-state index in [0.29, 0.717) is 17.6 Å². The molecular weight excluding hydrogens is 336 g/mol. The second-order valence-electron chi connectivity index (χ2n) is 7.98. The zero-order valence-corrected chi connectivity index (χ0v) is 16.2. The molecule has 0 saturated carbocycles. The summed E-state index contributed by atoms with van der Waals surface area (Å²) in [4.78, 5) is 16.4. The van der Waals surface area contributed by atoms with E-state index in [1.165, 1.54) is 18.4 Å². The average molecular weight is 364 g/mol. The molecule has 2 saturated heterocycles. The Kier molecular flexibility index (Phi) is 5.17. The van der Waals surface area contributed by atoms with Crippen LogP contribution in [-0.2, 0) is 6.54 Å². The number of hydrogen-bond acceptors (Lipinski definition) is 3. The summed E-state index contributed by atoms with van der Waals surface area (Å²) in [6, 6.07) is 19.5. The number of carbonyl (C=O) groups excluding carboxylic acids is 1. The first-order valence-electron chi connectivity index (χ1n) is 9.88. The Morgan fingerprint density at radius 1 is 1.04 bits per heavy atom. The Hall–Kier alpha value is -2.33. The summed E-state index contributed by atoms with van der Waals surface area (Å²) < 4.78 is 6.31. The van der Waals surface area contributed by atoms with E-state index in [1.54, 1.807) is 19.0 Å². The molecule has 2 fully saturated rings. The minimum Gasteiger partial charge on any atom is -0.490 e. The fraction of sp³-hybridized carbons (Fsp3) is 0.435. The molecule has 2 aromatic rings. The van der Waals surface area contributed by atoms with Gasteiger partial charge in [-0.25, -0.2) is 0 Å². The minimum atomic E-state index is 0.0122. The molecule has 0 aromatic heterocycles. The van der Waals surface area contributed by atoms with E-state index in [9.17, 15) is 4.79 Å². The number of hydrogen-bond donors (Lipinski definition) is 0. The molecule has 4 heteroatoms. The summed E-state index contributed by atoms with van der Waals surface area (Å²) in [5, 5.41) is 0. The van der Waals surface area contributed by atoms with E-state index in [4.69, 9.17) is 4.74 Å². The highest BCUT2D eigenvalue weighted by atomic mass is 16.5. The highest BCUT2D eigenvalue weighted by molar-refractivity contribution is 5.94. The summed E-state index contributed by atoms with van der Waals surface area (Å²) in [5.74, 6) is 0.821. The summed E-state index contributed by atoms with van der Waals surface area (Å²) in [6.45, 7) is 1.04. The zero-order chi connectivity index (χ0) is 18.8. The van der Waals surface area contributed by atoms with Gasteiger partial charge in [0.05, 0.1) is 0 Å². The van der Waals surface area contributed by atoms with Crippen molar-refractivity contribution >= 4 is 5.91 Å². The van der Waals surface area contributed by atoms with Gasteiger partial charge in [-0.2, -0.15) is 0 Å². The molecule has 0 radical (unpaired) electrons. The second kappa shape index (κ2) is 7.73. The maximum atomic E-state index is 12.2. The van der Waals surface area contributed by atoms with Gasteiger partial charge in [-0.15, -0.1) is 0 Å². The summed E-state index contributed by atoms with van der Waals surface area (Å²) in [5.41, 5.74) is 2.07. The molecule has 4 nitrogen and oxygen atoms in total.